The molecule has 0 fully saturated rings. The maximum Gasteiger partial charge on any atom is 0.246 e. The van der Waals surface area contributed by atoms with Crippen LogP contribution in [0, 0.1) is 0 Å². The first-order valence-electron chi connectivity index (χ1n) is 5.06. The van der Waals surface area contributed by atoms with Crippen LogP contribution in [0.3, 0.4) is 0 Å². The summed E-state index contributed by atoms with van der Waals surface area (Å²) in [4.78, 5) is 11.6. The molecule has 3 nitrogen and oxygen atoms in total. The van der Waals surface area contributed by atoms with Crippen LogP contribution in [0.5, 0.6) is 0 Å². The summed E-state index contributed by atoms with van der Waals surface area (Å²) in [5, 5.41) is 5.27. The number of allylic oxidation sites excluding steroid dienone is 2. The van der Waals surface area contributed by atoms with E-state index < -0.39 is 6.04 Å². The molecule has 0 heterocycles. The van der Waals surface area contributed by atoms with Crippen molar-refractivity contribution in [2.75, 3.05) is 7.05 Å². The van der Waals surface area contributed by atoms with Gasteiger partial charge in [0.25, 0.3) is 0 Å². The van der Waals surface area contributed by atoms with Gasteiger partial charge in [0.2, 0.25) is 5.91 Å². The molecule has 0 aromatic rings. The van der Waals surface area contributed by atoms with Crippen LogP contribution in [0.2, 0.25) is 0 Å². The van der Waals surface area contributed by atoms with E-state index in [9.17, 15) is 9.18 Å². The van der Waals surface area contributed by atoms with Crippen LogP contribution in [0.25, 0.3) is 0 Å². The Hall–Kier alpha value is -1.90. The van der Waals surface area contributed by atoms with E-state index in [-0.39, 0.29) is 11.7 Å². The van der Waals surface area contributed by atoms with Gasteiger partial charge in [-0.1, -0.05) is 19.2 Å². The van der Waals surface area contributed by atoms with E-state index in [0.29, 0.717) is 5.57 Å². The Morgan fingerprint density at radius 2 is 2.12 bits per heavy atom. The van der Waals surface area contributed by atoms with Crippen LogP contribution in [0.15, 0.2) is 54.7 Å². The summed E-state index contributed by atoms with van der Waals surface area (Å²) >= 11 is 0. The van der Waals surface area contributed by atoms with Gasteiger partial charge in [-0.05, 0) is 32.3 Å². The fourth-order valence-electron chi connectivity index (χ4n) is 1.12. The minimum Gasteiger partial charge on any atom is -0.332 e. The zero-order valence-electron chi connectivity index (χ0n) is 10.1. The van der Waals surface area contributed by atoms with Crippen molar-refractivity contribution in [3.63, 3.8) is 0 Å². The highest BCUT2D eigenvalue weighted by Crippen LogP contribution is 2.03. The Morgan fingerprint density at radius 3 is 2.53 bits per heavy atom. The summed E-state index contributed by atoms with van der Waals surface area (Å²) in [6, 6.07) is -0.602. The van der Waals surface area contributed by atoms with Crippen molar-refractivity contribution in [1.82, 2.24) is 10.6 Å². The maximum atomic E-state index is 12.5. The fourth-order valence-corrected chi connectivity index (χ4v) is 1.12. The van der Waals surface area contributed by atoms with Gasteiger partial charge in [-0.25, -0.2) is 4.39 Å². The van der Waals surface area contributed by atoms with Gasteiger partial charge < -0.3 is 10.6 Å². The highest BCUT2D eigenvalue weighted by molar-refractivity contribution is 5.86. The molecule has 2 N–H and O–H groups in total. The second kappa shape index (κ2) is 8.28. The largest absolute Gasteiger partial charge is 0.332 e. The Labute approximate surface area is 101 Å². The molecule has 0 radical (unpaired) electrons. The lowest BCUT2D eigenvalue weighted by Crippen LogP contribution is -2.41. The zero-order chi connectivity index (χ0) is 13.3. The van der Waals surface area contributed by atoms with Crippen molar-refractivity contribution < 1.29 is 9.18 Å². The Kier molecular flexibility index (Phi) is 7.35. The number of nitrogens with one attached hydrogen (secondary N) is 2. The van der Waals surface area contributed by atoms with Crippen LogP contribution in [0.4, 0.5) is 4.39 Å². The summed E-state index contributed by atoms with van der Waals surface area (Å²) < 4.78 is 12.5. The molecule has 0 saturated carbocycles. The minimum atomic E-state index is -0.602. The third-order valence-corrected chi connectivity index (χ3v) is 1.89. The van der Waals surface area contributed by atoms with Crippen LogP contribution < -0.4 is 10.6 Å². The van der Waals surface area contributed by atoms with E-state index in [2.05, 4.69) is 29.5 Å². The number of rotatable bonds is 6. The standard InChI is InChI=1S/C13H17FN2O/c1-5-11(9-7-8-10(3)14)12(15-4)13(17)16-6-2/h5-8,12,15H,1-2H2,3-4H3,(H,16,17)/b10-8+. The molecule has 17 heavy (non-hydrogen) atoms. The van der Waals surface area contributed by atoms with Crippen molar-refractivity contribution >= 4 is 5.91 Å². The molecule has 0 aromatic heterocycles. The molecule has 0 rings (SSSR count). The lowest BCUT2D eigenvalue weighted by atomic mass is 10.1. The number of hydrogen-bond donors (Lipinski definition) is 2. The van der Waals surface area contributed by atoms with Crippen LogP contribution >= 0.6 is 0 Å². The van der Waals surface area contributed by atoms with Gasteiger partial charge in [-0.15, -0.1) is 5.73 Å². The minimum absolute atomic E-state index is 0.278. The van der Waals surface area contributed by atoms with Crippen molar-refractivity contribution in [2.45, 2.75) is 13.0 Å². The number of amides is 1. The van der Waals surface area contributed by atoms with Crippen molar-refractivity contribution in [1.29, 1.82) is 0 Å². The van der Waals surface area contributed by atoms with E-state index in [1.165, 1.54) is 31.4 Å². The third-order valence-electron chi connectivity index (χ3n) is 1.89. The quantitative estimate of drug-likeness (QED) is 0.547. The molecule has 0 aromatic carbocycles. The first-order valence-corrected chi connectivity index (χ1v) is 5.06. The Bertz CT molecular complexity index is 386. The first kappa shape index (κ1) is 15.1. The van der Waals surface area contributed by atoms with Crippen molar-refractivity contribution in [2.24, 2.45) is 0 Å². The molecule has 4 heteroatoms. The number of carbonyl (C=O) groups excluding carboxylic acids is 1. The van der Waals surface area contributed by atoms with Crippen molar-refractivity contribution in [3.8, 4) is 0 Å². The molecule has 92 valence electrons. The van der Waals surface area contributed by atoms with Gasteiger partial charge in [-0.2, -0.15) is 0 Å². The SMILES string of the molecule is C=CNC(=O)C(NC)C(=C=C/C=C(\C)F)C=C. The molecule has 1 unspecified atom stereocenters. The van der Waals surface area contributed by atoms with Crippen molar-refractivity contribution in [3.05, 3.63) is 54.7 Å². The lowest BCUT2D eigenvalue weighted by Gasteiger charge is -2.13. The molecule has 0 aliphatic rings. The summed E-state index contributed by atoms with van der Waals surface area (Å²) in [6.07, 6.45) is 5.43. The first-order chi connectivity index (χ1) is 8.06. The van der Waals surface area contributed by atoms with Gasteiger partial charge in [0.05, 0.1) is 5.83 Å². The molecule has 0 aliphatic carbocycles. The summed E-state index contributed by atoms with van der Waals surface area (Å²) in [5.74, 6) is -0.614. The van der Waals surface area contributed by atoms with Gasteiger partial charge in [-0.3, -0.25) is 4.79 Å². The van der Waals surface area contributed by atoms with E-state index in [1.54, 1.807) is 7.05 Å². The predicted octanol–water partition coefficient (Wildman–Crippen LogP) is 1.97. The number of halogens is 1. The summed E-state index contributed by atoms with van der Waals surface area (Å²) in [5.41, 5.74) is 3.31. The van der Waals surface area contributed by atoms with Gasteiger partial charge in [0.1, 0.15) is 6.04 Å². The smallest absolute Gasteiger partial charge is 0.246 e. The highest BCUT2D eigenvalue weighted by Gasteiger charge is 2.17. The van der Waals surface area contributed by atoms with Crippen LogP contribution in [-0.4, -0.2) is 19.0 Å². The molecule has 1 amide bonds. The number of hydrogen-bond acceptors (Lipinski definition) is 2. The molecular formula is C13H17FN2O. The average Bonchev–Trinajstić information content (AvgIpc) is 2.27. The molecule has 0 saturated heterocycles. The number of carbonyl (C=O) groups is 1. The summed E-state index contributed by atoms with van der Waals surface area (Å²) in [7, 11) is 1.63. The normalized spacial score (nSPS) is 12.1. The second-order valence-electron chi connectivity index (χ2n) is 3.16. The molecule has 0 spiro atoms. The van der Waals surface area contributed by atoms with Gasteiger partial charge in [0.15, 0.2) is 0 Å². The topological polar surface area (TPSA) is 41.1 Å². The number of likely N-dealkylation sites (N-methyl/N-ethyl adjacent to an activating group) is 1. The van der Waals surface area contributed by atoms with E-state index in [0.717, 1.165) is 0 Å². The van der Waals surface area contributed by atoms with Gasteiger partial charge in [0, 0.05) is 5.57 Å². The summed E-state index contributed by atoms with van der Waals surface area (Å²) in [6.45, 7) is 8.32. The molecule has 0 aliphatic heterocycles. The van der Waals surface area contributed by atoms with E-state index in [4.69, 9.17) is 0 Å². The lowest BCUT2D eigenvalue weighted by molar-refractivity contribution is -0.121. The van der Waals surface area contributed by atoms with Gasteiger partial charge >= 0.3 is 0 Å². The van der Waals surface area contributed by atoms with Crippen LogP contribution in [0.1, 0.15) is 6.92 Å². The monoisotopic (exact) mass is 236 g/mol. The molecule has 0 bridgehead atoms. The zero-order valence-corrected chi connectivity index (χ0v) is 10.1. The van der Waals surface area contributed by atoms with E-state index >= 15 is 0 Å². The second-order valence-corrected chi connectivity index (χ2v) is 3.16. The Morgan fingerprint density at radius 1 is 1.47 bits per heavy atom. The third kappa shape index (κ3) is 5.66. The Balaban J connectivity index is 5.13. The molecule has 1 atom stereocenters. The predicted molar refractivity (Wildman–Crippen MR) is 67.8 cm³/mol. The maximum absolute atomic E-state index is 12.5. The average molecular weight is 236 g/mol. The highest BCUT2D eigenvalue weighted by atomic mass is 19.1. The fraction of sp³-hybridized carbons (Fsp3) is 0.231. The van der Waals surface area contributed by atoms with E-state index in [1.807, 2.05) is 0 Å². The van der Waals surface area contributed by atoms with Crippen LogP contribution in [-0.2, 0) is 4.79 Å². The molecular weight excluding hydrogens is 219 g/mol.